The highest BCUT2D eigenvalue weighted by Gasteiger charge is 2.43. The van der Waals surface area contributed by atoms with E-state index in [9.17, 15) is 5.11 Å². The van der Waals surface area contributed by atoms with Gasteiger partial charge in [0.1, 0.15) is 5.75 Å². The highest BCUT2D eigenvalue weighted by atomic mass is 16.6. The number of aromatic nitrogens is 1. The van der Waals surface area contributed by atoms with Crippen LogP contribution in [0.3, 0.4) is 0 Å². The number of benzene rings is 6. The van der Waals surface area contributed by atoms with E-state index in [0.717, 1.165) is 22.4 Å². The van der Waals surface area contributed by atoms with E-state index in [4.69, 9.17) is 4.74 Å². The van der Waals surface area contributed by atoms with Gasteiger partial charge in [-0.15, -0.1) is 0 Å². The number of hydrogen-bond acceptors (Lipinski definition) is 2. The fourth-order valence-corrected chi connectivity index (χ4v) is 8.35. The van der Waals surface area contributed by atoms with E-state index in [1.165, 1.54) is 73.7 Å². The van der Waals surface area contributed by atoms with Crippen molar-refractivity contribution in [2.24, 2.45) is 0 Å². The number of nitrogens with zero attached hydrogens (tertiary/aromatic N) is 1. The lowest BCUT2D eigenvalue weighted by atomic mass is 9.60. The predicted octanol–water partition coefficient (Wildman–Crippen LogP) is 10.3. The summed E-state index contributed by atoms with van der Waals surface area (Å²) in [7, 11) is 0. The van der Waals surface area contributed by atoms with Crippen molar-refractivity contribution < 1.29 is 9.84 Å². The lowest BCUT2D eigenvalue weighted by Crippen LogP contribution is -2.34. The summed E-state index contributed by atoms with van der Waals surface area (Å²) >= 11 is 0. The third-order valence-electron chi connectivity index (χ3n) is 10.6. The van der Waals surface area contributed by atoms with E-state index in [0.29, 0.717) is 11.8 Å². The van der Waals surface area contributed by atoms with E-state index >= 15 is 0 Å². The minimum Gasteiger partial charge on any atom is -0.458 e. The Morgan fingerprint density at radius 2 is 1.29 bits per heavy atom. The molecule has 1 aromatic heterocycles. The van der Waals surface area contributed by atoms with Gasteiger partial charge < -0.3 is 14.4 Å². The van der Waals surface area contributed by atoms with E-state index < -0.39 is 5.79 Å². The number of hydrogen-bond donors (Lipinski definition) is 1. The summed E-state index contributed by atoms with van der Waals surface area (Å²) in [4.78, 5) is 0. The largest absolute Gasteiger partial charge is 0.458 e. The molecule has 1 aliphatic heterocycles. The van der Waals surface area contributed by atoms with Gasteiger partial charge in [-0.3, -0.25) is 0 Å². The molecule has 3 atom stereocenters. The van der Waals surface area contributed by atoms with Crippen LogP contribution in [0.1, 0.15) is 48.3 Å². The zero-order chi connectivity index (χ0) is 29.9. The second-order valence-corrected chi connectivity index (χ2v) is 13.1. The van der Waals surface area contributed by atoms with E-state index in [1.807, 2.05) is 18.2 Å². The maximum Gasteiger partial charge on any atom is 0.232 e. The van der Waals surface area contributed by atoms with Gasteiger partial charge >= 0.3 is 0 Å². The Bertz CT molecular complexity index is 2350. The predicted molar refractivity (Wildman–Crippen MR) is 182 cm³/mol. The Kier molecular flexibility index (Phi) is 5.03. The summed E-state index contributed by atoms with van der Waals surface area (Å²) in [5.41, 5.74) is 14.4. The van der Waals surface area contributed by atoms with Crippen molar-refractivity contribution in [2.75, 3.05) is 0 Å². The minimum atomic E-state index is -1.37. The van der Waals surface area contributed by atoms with Crippen molar-refractivity contribution in [2.45, 2.75) is 37.4 Å². The Morgan fingerprint density at radius 1 is 0.600 bits per heavy atom. The van der Waals surface area contributed by atoms with Crippen LogP contribution in [0.4, 0.5) is 0 Å². The van der Waals surface area contributed by atoms with Crippen molar-refractivity contribution in [3.8, 4) is 44.8 Å². The molecule has 3 nitrogen and oxygen atoms in total. The molecule has 3 aliphatic rings. The first kappa shape index (κ1) is 25.2. The van der Waals surface area contributed by atoms with Gasteiger partial charge in [-0.1, -0.05) is 72.8 Å². The van der Waals surface area contributed by atoms with Gasteiger partial charge in [0, 0.05) is 34.5 Å². The number of rotatable bonds is 2. The van der Waals surface area contributed by atoms with Crippen molar-refractivity contribution in [3.63, 3.8) is 0 Å². The Balaban J connectivity index is 1.17. The van der Waals surface area contributed by atoms with Crippen molar-refractivity contribution in [1.29, 1.82) is 0 Å². The molecule has 6 aromatic carbocycles. The molecule has 7 aromatic rings. The van der Waals surface area contributed by atoms with Crippen LogP contribution in [-0.2, 0) is 5.79 Å². The van der Waals surface area contributed by atoms with Crippen LogP contribution < -0.4 is 4.74 Å². The molecule has 1 N–H and O–H groups in total. The topological polar surface area (TPSA) is 34.4 Å². The van der Waals surface area contributed by atoms with Crippen LogP contribution in [0.25, 0.3) is 60.9 Å². The molecule has 3 unspecified atom stereocenters. The van der Waals surface area contributed by atoms with Crippen LogP contribution in [-0.4, -0.2) is 9.67 Å². The summed E-state index contributed by atoms with van der Waals surface area (Å²) in [6.45, 7) is 1.77. The number of para-hydroxylation sites is 3. The molecule has 2 heterocycles. The molecule has 0 spiro atoms. The second kappa shape index (κ2) is 8.97. The summed E-state index contributed by atoms with van der Waals surface area (Å²) in [5, 5.41) is 14.0. The highest BCUT2D eigenvalue weighted by Crippen LogP contribution is 2.59. The Labute approximate surface area is 262 Å². The number of fused-ring (bicyclic) bond motifs is 12. The Hall–Kier alpha value is -5.12. The monoisotopic (exact) mass is 581 g/mol. The summed E-state index contributed by atoms with van der Waals surface area (Å²) in [5.74, 6) is 0.364. The van der Waals surface area contributed by atoms with Gasteiger partial charge in [0.15, 0.2) is 0 Å². The van der Waals surface area contributed by atoms with Gasteiger partial charge in [0.25, 0.3) is 0 Å². The van der Waals surface area contributed by atoms with Crippen molar-refractivity contribution in [3.05, 3.63) is 144 Å². The third kappa shape index (κ3) is 3.50. The lowest BCUT2D eigenvalue weighted by molar-refractivity contribution is -0.130. The van der Waals surface area contributed by atoms with E-state index in [2.05, 4.69) is 114 Å². The summed E-state index contributed by atoms with van der Waals surface area (Å²) < 4.78 is 8.48. The molecule has 0 saturated heterocycles. The highest BCUT2D eigenvalue weighted by molar-refractivity contribution is 6.10. The first-order valence-corrected chi connectivity index (χ1v) is 16.0. The molecule has 0 bridgehead atoms. The Morgan fingerprint density at radius 3 is 2.16 bits per heavy atom. The van der Waals surface area contributed by atoms with Crippen LogP contribution >= 0.6 is 0 Å². The number of ether oxygens (including phenoxy) is 1. The lowest BCUT2D eigenvalue weighted by Gasteiger charge is -2.45. The van der Waals surface area contributed by atoms with Crippen LogP contribution in [0.2, 0.25) is 0 Å². The molecule has 0 amide bonds. The molecule has 45 heavy (non-hydrogen) atoms. The maximum atomic E-state index is 11.4. The second-order valence-electron chi connectivity index (χ2n) is 13.1. The molecular weight excluding hydrogens is 550 g/mol. The zero-order valence-corrected chi connectivity index (χ0v) is 25.0. The molecular formula is C42H31NO2. The smallest absolute Gasteiger partial charge is 0.232 e. The fourth-order valence-electron chi connectivity index (χ4n) is 8.35. The fraction of sp³-hybridized carbons (Fsp3) is 0.143. The van der Waals surface area contributed by atoms with E-state index in [1.54, 1.807) is 6.92 Å². The van der Waals surface area contributed by atoms with Gasteiger partial charge in [0.05, 0.1) is 11.0 Å². The van der Waals surface area contributed by atoms with Crippen LogP contribution in [0, 0.1) is 0 Å². The molecule has 1 fully saturated rings. The molecule has 1 saturated carbocycles. The third-order valence-corrected chi connectivity index (χ3v) is 10.6. The minimum absolute atomic E-state index is 0.483. The molecule has 2 aliphatic carbocycles. The van der Waals surface area contributed by atoms with Crippen LogP contribution in [0.5, 0.6) is 5.75 Å². The average molecular weight is 582 g/mol. The normalized spacial score (nSPS) is 20.8. The summed E-state index contributed by atoms with van der Waals surface area (Å²) in [6, 6.07) is 46.0. The number of aliphatic hydroxyl groups is 1. The molecule has 10 rings (SSSR count). The van der Waals surface area contributed by atoms with Gasteiger partial charge in [-0.05, 0) is 118 Å². The van der Waals surface area contributed by atoms with Gasteiger partial charge in [0.2, 0.25) is 5.79 Å². The maximum absolute atomic E-state index is 11.4. The average Bonchev–Trinajstić information content (AvgIpc) is 3.38. The van der Waals surface area contributed by atoms with Crippen molar-refractivity contribution >= 4 is 21.8 Å². The zero-order valence-electron chi connectivity index (χ0n) is 25.0. The van der Waals surface area contributed by atoms with Gasteiger partial charge in [-0.2, -0.15) is 0 Å². The van der Waals surface area contributed by atoms with Gasteiger partial charge in [-0.25, -0.2) is 0 Å². The molecule has 3 heteroatoms. The molecule has 216 valence electrons. The first-order valence-electron chi connectivity index (χ1n) is 16.0. The van der Waals surface area contributed by atoms with Crippen molar-refractivity contribution in [1.82, 2.24) is 4.57 Å². The van der Waals surface area contributed by atoms with Crippen LogP contribution in [0.15, 0.2) is 127 Å². The van der Waals surface area contributed by atoms with E-state index in [-0.39, 0.29) is 0 Å². The first-order chi connectivity index (χ1) is 22.0. The quantitative estimate of drug-likeness (QED) is 0.220. The SMILES string of the molecule is CC1(O)Oc2ccccc2-c2cc3c(cc21)C1CCC1c1ccc(-c2ccc4c(c2)c2ccccc2n4-c2ccccc2)cc1-3. The standard InChI is InChI=1S/C42H31NO2/c1-42(44)38-24-35-30-19-18-28(30)29-17-15-25(21-33(29)34(35)23-36(38)32-12-6-8-14-41(32)45-42)26-16-20-40-37(22-26)31-11-5-7-13-39(31)43(40)27-9-3-2-4-10-27/h2-17,20-24,28,30,44H,18-19H2,1H3. The summed E-state index contributed by atoms with van der Waals surface area (Å²) in [6.07, 6.45) is 2.38. The molecule has 0 radical (unpaired) electrons.